The van der Waals surface area contributed by atoms with Crippen LogP contribution in [0.4, 0.5) is 0 Å². The molecular weight excluding hydrogens is 356 g/mol. The van der Waals surface area contributed by atoms with Gasteiger partial charge in [-0.1, -0.05) is 49.2 Å². The summed E-state index contributed by atoms with van der Waals surface area (Å²) in [5, 5.41) is 0. The van der Waals surface area contributed by atoms with Crippen molar-refractivity contribution in [2.24, 2.45) is 0 Å². The van der Waals surface area contributed by atoms with Gasteiger partial charge in [-0.15, -0.1) is 6.58 Å². The lowest BCUT2D eigenvalue weighted by Crippen LogP contribution is -2.32. The van der Waals surface area contributed by atoms with Crippen molar-refractivity contribution in [3.8, 4) is 22.6 Å². The SMILES string of the molecule is C=CCN(Cc1cncc(-c2ccc(Oc3ccccc3)cc2)c1)C1CCCC1. The summed E-state index contributed by atoms with van der Waals surface area (Å²) in [5.41, 5.74) is 3.54. The average molecular weight is 385 g/mol. The Labute approximate surface area is 173 Å². The van der Waals surface area contributed by atoms with Gasteiger partial charge in [0, 0.05) is 37.1 Å². The number of pyridine rings is 1. The number of aromatic nitrogens is 1. The molecule has 0 bridgehead atoms. The molecule has 0 N–H and O–H groups in total. The number of ether oxygens (including phenoxy) is 1. The molecule has 3 heteroatoms. The zero-order chi connectivity index (χ0) is 19.9. The Balaban J connectivity index is 1.47. The molecule has 1 aliphatic carbocycles. The highest BCUT2D eigenvalue weighted by atomic mass is 16.5. The molecule has 3 nitrogen and oxygen atoms in total. The Morgan fingerprint density at radius 3 is 2.38 bits per heavy atom. The van der Waals surface area contributed by atoms with Gasteiger partial charge in [-0.05, 0) is 54.3 Å². The van der Waals surface area contributed by atoms with Gasteiger partial charge in [0.2, 0.25) is 0 Å². The second-order valence-electron chi connectivity index (χ2n) is 7.68. The molecule has 0 unspecified atom stereocenters. The molecule has 2 aromatic carbocycles. The minimum Gasteiger partial charge on any atom is -0.457 e. The topological polar surface area (TPSA) is 25.4 Å². The van der Waals surface area contributed by atoms with Crippen molar-refractivity contribution in [1.29, 1.82) is 0 Å². The van der Waals surface area contributed by atoms with Crippen LogP contribution in [0.2, 0.25) is 0 Å². The van der Waals surface area contributed by atoms with Gasteiger partial charge in [0.15, 0.2) is 0 Å². The number of hydrogen-bond acceptors (Lipinski definition) is 3. The lowest BCUT2D eigenvalue weighted by molar-refractivity contribution is 0.211. The van der Waals surface area contributed by atoms with Crippen LogP contribution in [0, 0.1) is 0 Å². The number of para-hydroxylation sites is 1. The molecule has 0 radical (unpaired) electrons. The van der Waals surface area contributed by atoms with Gasteiger partial charge >= 0.3 is 0 Å². The van der Waals surface area contributed by atoms with Crippen LogP contribution in [0.3, 0.4) is 0 Å². The third-order valence-electron chi connectivity index (χ3n) is 5.55. The van der Waals surface area contributed by atoms with E-state index < -0.39 is 0 Å². The van der Waals surface area contributed by atoms with E-state index in [4.69, 9.17) is 4.74 Å². The summed E-state index contributed by atoms with van der Waals surface area (Å²) < 4.78 is 5.90. The average Bonchev–Trinajstić information content (AvgIpc) is 3.30. The minimum absolute atomic E-state index is 0.672. The van der Waals surface area contributed by atoms with Gasteiger partial charge in [-0.2, -0.15) is 0 Å². The summed E-state index contributed by atoms with van der Waals surface area (Å²) in [6, 6.07) is 21.0. The second-order valence-corrected chi connectivity index (χ2v) is 7.68. The summed E-state index contributed by atoms with van der Waals surface area (Å²) in [4.78, 5) is 7.05. The van der Waals surface area contributed by atoms with Crippen LogP contribution in [-0.2, 0) is 6.54 Å². The standard InChI is InChI=1S/C26H28N2O/c1-2-16-28(24-8-6-7-9-24)20-21-17-23(19-27-18-21)22-12-14-26(15-13-22)29-25-10-4-3-5-11-25/h2-5,10-15,17-19,24H,1,6-9,16,20H2. The van der Waals surface area contributed by atoms with Crippen LogP contribution in [0.1, 0.15) is 31.2 Å². The Morgan fingerprint density at radius 1 is 0.931 bits per heavy atom. The van der Waals surface area contributed by atoms with E-state index in [-0.39, 0.29) is 0 Å². The van der Waals surface area contributed by atoms with Gasteiger partial charge in [0.05, 0.1) is 0 Å². The van der Waals surface area contributed by atoms with Gasteiger partial charge < -0.3 is 4.74 Å². The molecule has 4 rings (SSSR count). The Hall–Kier alpha value is -2.91. The van der Waals surface area contributed by atoms with Crippen molar-refractivity contribution in [2.75, 3.05) is 6.54 Å². The summed E-state index contributed by atoms with van der Waals surface area (Å²) in [7, 11) is 0. The maximum Gasteiger partial charge on any atom is 0.127 e. The van der Waals surface area contributed by atoms with Crippen LogP contribution < -0.4 is 4.74 Å². The third kappa shape index (κ3) is 5.12. The van der Waals surface area contributed by atoms with E-state index in [9.17, 15) is 0 Å². The number of hydrogen-bond donors (Lipinski definition) is 0. The summed E-state index contributed by atoms with van der Waals surface area (Å²) >= 11 is 0. The quantitative estimate of drug-likeness (QED) is 0.416. The van der Waals surface area contributed by atoms with E-state index >= 15 is 0 Å². The lowest BCUT2D eigenvalue weighted by atomic mass is 10.1. The van der Waals surface area contributed by atoms with E-state index in [1.807, 2.05) is 60.9 Å². The van der Waals surface area contributed by atoms with E-state index in [0.717, 1.165) is 35.7 Å². The van der Waals surface area contributed by atoms with E-state index in [1.165, 1.54) is 31.2 Å². The Morgan fingerprint density at radius 2 is 1.66 bits per heavy atom. The van der Waals surface area contributed by atoms with Gasteiger partial charge in [-0.3, -0.25) is 9.88 Å². The maximum atomic E-state index is 5.90. The molecule has 0 amide bonds. The number of benzene rings is 2. The highest BCUT2D eigenvalue weighted by Crippen LogP contribution is 2.28. The van der Waals surface area contributed by atoms with Crippen LogP contribution in [0.15, 0.2) is 85.7 Å². The molecule has 1 heterocycles. The Kier molecular flexibility index (Phi) is 6.38. The van der Waals surface area contributed by atoms with E-state index in [0.29, 0.717) is 6.04 Å². The van der Waals surface area contributed by atoms with Crippen LogP contribution in [0.5, 0.6) is 11.5 Å². The largest absolute Gasteiger partial charge is 0.457 e. The summed E-state index contributed by atoms with van der Waals surface area (Å²) in [6.07, 6.45) is 11.2. The molecule has 148 valence electrons. The smallest absolute Gasteiger partial charge is 0.127 e. The monoisotopic (exact) mass is 384 g/mol. The zero-order valence-corrected chi connectivity index (χ0v) is 16.8. The Bertz CT molecular complexity index is 915. The predicted molar refractivity (Wildman–Crippen MR) is 119 cm³/mol. The number of nitrogens with zero attached hydrogens (tertiary/aromatic N) is 2. The minimum atomic E-state index is 0.672. The second kappa shape index (κ2) is 9.53. The normalized spacial score (nSPS) is 14.2. The van der Waals surface area contributed by atoms with Crippen LogP contribution in [-0.4, -0.2) is 22.5 Å². The predicted octanol–water partition coefficient (Wildman–Crippen LogP) is 6.47. The van der Waals surface area contributed by atoms with Crippen molar-refractivity contribution in [1.82, 2.24) is 9.88 Å². The van der Waals surface area contributed by atoms with Gasteiger partial charge in [0.1, 0.15) is 11.5 Å². The molecule has 1 fully saturated rings. The first-order valence-electron chi connectivity index (χ1n) is 10.4. The van der Waals surface area contributed by atoms with Gasteiger partial charge in [-0.25, -0.2) is 0 Å². The number of rotatable bonds is 8. The van der Waals surface area contributed by atoms with Crippen molar-refractivity contribution in [3.63, 3.8) is 0 Å². The molecule has 1 saturated carbocycles. The molecule has 0 atom stereocenters. The summed E-state index contributed by atoms with van der Waals surface area (Å²) in [6.45, 7) is 5.80. The molecule has 3 aromatic rings. The van der Waals surface area contributed by atoms with Crippen molar-refractivity contribution >= 4 is 0 Å². The fourth-order valence-electron chi connectivity index (χ4n) is 4.08. The first-order chi connectivity index (χ1) is 14.3. The highest BCUT2D eigenvalue weighted by Gasteiger charge is 2.21. The molecular formula is C26H28N2O. The van der Waals surface area contributed by atoms with Crippen molar-refractivity contribution in [3.05, 3.63) is 91.3 Å². The third-order valence-corrected chi connectivity index (χ3v) is 5.55. The maximum absolute atomic E-state index is 5.90. The van der Waals surface area contributed by atoms with E-state index in [1.54, 1.807) is 0 Å². The van der Waals surface area contributed by atoms with Crippen molar-refractivity contribution < 1.29 is 4.74 Å². The zero-order valence-electron chi connectivity index (χ0n) is 16.8. The lowest BCUT2D eigenvalue weighted by Gasteiger charge is -2.27. The van der Waals surface area contributed by atoms with Crippen molar-refractivity contribution in [2.45, 2.75) is 38.3 Å². The van der Waals surface area contributed by atoms with Crippen LogP contribution in [0.25, 0.3) is 11.1 Å². The molecule has 0 saturated heterocycles. The highest BCUT2D eigenvalue weighted by molar-refractivity contribution is 5.64. The molecule has 29 heavy (non-hydrogen) atoms. The molecule has 1 aliphatic rings. The molecule has 0 spiro atoms. The fourth-order valence-corrected chi connectivity index (χ4v) is 4.08. The van der Waals surface area contributed by atoms with Gasteiger partial charge in [0.25, 0.3) is 0 Å². The first-order valence-corrected chi connectivity index (χ1v) is 10.4. The fraction of sp³-hybridized carbons (Fsp3) is 0.269. The van der Waals surface area contributed by atoms with E-state index in [2.05, 4.69) is 34.7 Å². The first kappa shape index (κ1) is 19.4. The molecule has 1 aromatic heterocycles. The molecule has 0 aliphatic heterocycles. The van der Waals surface area contributed by atoms with Crippen LogP contribution >= 0.6 is 0 Å². The summed E-state index contributed by atoms with van der Waals surface area (Å²) in [5.74, 6) is 1.68.